The fourth-order valence-corrected chi connectivity index (χ4v) is 0.767. The zero-order valence-electron chi connectivity index (χ0n) is 8.62. The van der Waals surface area contributed by atoms with Gasteiger partial charge in [0.15, 0.2) is 0 Å². The molecule has 0 rings (SSSR count). The Kier molecular flexibility index (Phi) is 6.03. The van der Waals surface area contributed by atoms with E-state index in [1.807, 2.05) is 0 Å². The van der Waals surface area contributed by atoms with Gasteiger partial charge in [0.2, 0.25) is 0 Å². The second-order valence-corrected chi connectivity index (χ2v) is 2.72. The second-order valence-electron chi connectivity index (χ2n) is 2.72. The smallest absolute Gasteiger partial charge is 0.145 e. The van der Waals surface area contributed by atoms with Gasteiger partial charge in [0.05, 0.1) is 7.11 Å². The van der Waals surface area contributed by atoms with Crippen LogP contribution in [0.3, 0.4) is 0 Å². The molecule has 0 aliphatic heterocycles. The quantitative estimate of drug-likeness (QED) is 0.281. The zero-order chi connectivity index (χ0) is 11.0. The number of allylic oxidation sites excluding steroid dienone is 5. The second kappa shape index (κ2) is 6.83. The SMILES string of the molecule is C=CCC(=C)/C=C\C(N=O)=C(/C)OC. The summed E-state index contributed by atoms with van der Waals surface area (Å²) in [5, 5.41) is 2.84. The van der Waals surface area contributed by atoms with Gasteiger partial charge in [-0.15, -0.1) is 11.5 Å². The van der Waals surface area contributed by atoms with Crippen molar-refractivity contribution in [1.82, 2.24) is 0 Å². The lowest BCUT2D eigenvalue weighted by molar-refractivity contribution is 0.289. The summed E-state index contributed by atoms with van der Waals surface area (Å²) in [5.41, 5.74) is 1.14. The predicted octanol–water partition coefficient (Wildman–Crippen LogP) is 3.32. The average molecular weight is 193 g/mol. The molecule has 0 amide bonds. The predicted molar refractivity (Wildman–Crippen MR) is 58.6 cm³/mol. The molecule has 76 valence electrons. The van der Waals surface area contributed by atoms with Crippen LogP contribution in [0, 0.1) is 4.91 Å². The van der Waals surface area contributed by atoms with Crippen LogP contribution in [0.25, 0.3) is 0 Å². The molecule has 0 spiro atoms. The molecule has 0 atom stereocenters. The van der Waals surface area contributed by atoms with Crippen molar-refractivity contribution in [2.45, 2.75) is 13.3 Å². The highest BCUT2D eigenvalue weighted by Crippen LogP contribution is 2.10. The van der Waals surface area contributed by atoms with Crippen LogP contribution in [0.2, 0.25) is 0 Å². The summed E-state index contributed by atoms with van der Waals surface area (Å²) in [6.45, 7) is 9.03. The van der Waals surface area contributed by atoms with Crippen LogP contribution < -0.4 is 0 Å². The normalized spacial score (nSPS) is 12.1. The molecule has 3 nitrogen and oxygen atoms in total. The summed E-state index contributed by atoms with van der Waals surface area (Å²) in [4.78, 5) is 10.4. The third-order valence-corrected chi connectivity index (χ3v) is 1.65. The first-order valence-corrected chi connectivity index (χ1v) is 4.20. The lowest BCUT2D eigenvalue weighted by atomic mass is 10.2. The van der Waals surface area contributed by atoms with Gasteiger partial charge in [0, 0.05) is 0 Å². The minimum atomic E-state index is 0.276. The van der Waals surface area contributed by atoms with E-state index in [0.717, 1.165) is 5.57 Å². The minimum Gasteiger partial charge on any atom is -0.499 e. The molecule has 0 aliphatic carbocycles. The fraction of sp³-hybridized carbons (Fsp3) is 0.273. The number of nitroso groups, excluding NO2 is 1. The van der Waals surface area contributed by atoms with Crippen LogP contribution in [-0.2, 0) is 4.74 Å². The van der Waals surface area contributed by atoms with E-state index in [2.05, 4.69) is 18.3 Å². The zero-order valence-corrected chi connectivity index (χ0v) is 8.62. The summed E-state index contributed by atoms with van der Waals surface area (Å²) in [6, 6.07) is 0. The fourth-order valence-electron chi connectivity index (χ4n) is 0.767. The summed E-state index contributed by atoms with van der Waals surface area (Å²) < 4.78 is 4.88. The maximum Gasteiger partial charge on any atom is 0.145 e. The van der Waals surface area contributed by atoms with Gasteiger partial charge in [-0.25, -0.2) is 0 Å². The Bertz CT molecular complexity index is 288. The number of nitrogens with zero attached hydrogens (tertiary/aromatic N) is 1. The maximum atomic E-state index is 10.4. The Balaban J connectivity index is 4.54. The van der Waals surface area contributed by atoms with Crippen LogP contribution in [0.15, 0.2) is 53.6 Å². The monoisotopic (exact) mass is 193 g/mol. The van der Waals surface area contributed by atoms with Gasteiger partial charge in [-0.05, 0) is 24.6 Å². The molecule has 0 aromatic rings. The van der Waals surface area contributed by atoms with Gasteiger partial charge < -0.3 is 4.74 Å². The molecule has 0 N–H and O–H groups in total. The van der Waals surface area contributed by atoms with Crippen molar-refractivity contribution in [3.63, 3.8) is 0 Å². The Morgan fingerprint density at radius 3 is 2.57 bits per heavy atom. The Morgan fingerprint density at radius 1 is 1.50 bits per heavy atom. The molecule has 0 saturated heterocycles. The Morgan fingerprint density at radius 2 is 2.14 bits per heavy atom. The highest BCUT2D eigenvalue weighted by Gasteiger charge is 1.98. The topological polar surface area (TPSA) is 38.7 Å². The van der Waals surface area contributed by atoms with Crippen molar-refractivity contribution >= 4 is 0 Å². The van der Waals surface area contributed by atoms with Crippen LogP contribution in [-0.4, -0.2) is 7.11 Å². The molecule has 0 heterocycles. The molecule has 0 saturated carbocycles. The van der Waals surface area contributed by atoms with Crippen molar-refractivity contribution in [2.75, 3.05) is 7.11 Å². The Labute approximate surface area is 84.4 Å². The van der Waals surface area contributed by atoms with E-state index in [1.165, 1.54) is 7.11 Å². The lowest BCUT2D eigenvalue weighted by Crippen LogP contribution is -1.84. The van der Waals surface area contributed by atoms with E-state index in [1.54, 1.807) is 25.2 Å². The highest BCUT2D eigenvalue weighted by molar-refractivity contribution is 5.27. The molecular weight excluding hydrogens is 178 g/mol. The van der Waals surface area contributed by atoms with Gasteiger partial charge in [-0.3, -0.25) is 0 Å². The van der Waals surface area contributed by atoms with Crippen LogP contribution >= 0.6 is 0 Å². The number of hydrogen-bond donors (Lipinski definition) is 0. The van der Waals surface area contributed by atoms with Gasteiger partial charge >= 0.3 is 0 Å². The largest absolute Gasteiger partial charge is 0.499 e. The molecule has 3 heteroatoms. The molecule has 0 unspecified atom stereocenters. The summed E-state index contributed by atoms with van der Waals surface area (Å²) in [7, 11) is 1.49. The maximum absolute atomic E-state index is 10.4. The van der Waals surface area contributed by atoms with Crippen molar-refractivity contribution < 1.29 is 4.74 Å². The molecular formula is C11H15NO2. The first-order valence-electron chi connectivity index (χ1n) is 4.20. The molecule has 0 aliphatic rings. The summed E-state index contributed by atoms with van der Waals surface area (Å²) in [6.07, 6.45) is 5.74. The third kappa shape index (κ3) is 4.40. The summed E-state index contributed by atoms with van der Waals surface area (Å²) in [5.74, 6) is 0.489. The standard InChI is InChI=1S/C11H15NO2/c1-5-6-9(2)7-8-11(12-13)10(3)14-4/h5,7-8H,1-2,6H2,3-4H3/b8-7-,11-10-. The van der Waals surface area contributed by atoms with Crippen molar-refractivity contribution in [3.05, 3.63) is 53.3 Å². The van der Waals surface area contributed by atoms with Crippen LogP contribution in [0.1, 0.15) is 13.3 Å². The van der Waals surface area contributed by atoms with Crippen LogP contribution in [0.4, 0.5) is 0 Å². The van der Waals surface area contributed by atoms with Crippen LogP contribution in [0.5, 0.6) is 0 Å². The molecule has 14 heavy (non-hydrogen) atoms. The Hall–Kier alpha value is -1.64. The van der Waals surface area contributed by atoms with Crippen molar-refractivity contribution in [2.24, 2.45) is 5.18 Å². The number of ether oxygens (including phenoxy) is 1. The molecule has 0 aromatic carbocycles. The minimum absolute atomic E-state index is 0.276. The lowest BCUT2D eigenvalue weighted by Gasteiger charge is -1.99. The number of methoxy groups -OCH3 is 1. The third-order valence-electron chi connectivity index (χ3n) is 1.65. The van der Waals surface area contributed by atoms with E-state index in [4.69, 9.17) is 4.74 Å². The summed E-state index contributed by atoms with van der Waals surface area (Å²) >= 11 is 0. The van der Waals surface area contributed by atoms with Gasteiger partial charge in [-0.2, -0.15) is 0 Å². The average Bonchev–Trinajstić information content (AvgIpc) is 2.18. The van der Waals surface area contributed by atoms with E-state index in [9.17, 15) is 4.91 Å². The van der Waals surface area contributed by atoms with Crippen molar-refractivity contribution in [3.8, 4) is 0 Å². The number of hydrogen-bond acceptors (Lipinski definition) is 3. The van der Waals surface area contributed by atoms with Crippen molar-refractivity contribution in [1.29, 1.82) is 0 Å². The number of rotatable bonds is 6. The van der Waals surface area contributed by atoms with E-state index in [-0.39, 0.29) is 5.70 Å². The first kappa shape index (κ1) is 12.4. The van der Waals surface area contributed by atoms with E-state index in [0.29, 0.717) is 12.2 Å². The molecule has 0 radical (unpaired) electrons. The molecule has 0 fully saturated rings. The van der Waals surface area contributed by atoms with Gasteiger partial charge in [0.1, 0.15) is 11.5 Å². The molecule has 0 aromatic heterocycles. The highest BCUT2D eigenvalue weighted by atomic mass is 16.5. The van der Waals surface area contributed by atoms with E-state index >= 15 is 0 Å². The molecule has 0 bridgehead atoms. The van der Waals surface area contributed by atoms with Gasteiger partial charge in [0.25, 0.3) is 0 Å². The van der Waals surface area contributed by atoms with Gasteiger partial charge in [-0.1, -0.05) is 24.3 Å². The van der Waals surface area contributed by atoms with E-state index < -0.39 is 0 Å². The first-order chi connectivity index (χ1) is 6.65.